The number of rotatable bonds is 2. The van der Waals surface area contributed by atoms with Crippen LogP contribution in [0.3, 0.4) is 0 Å². The molecule has 0 aliphatic heterocycles. The lowest BCUT2D eigenvalue weighted by molar-refractivity contribution is 0.693. The molecule has 0 aromatic heterocycles. The Bertz CT molecular complexity index is 192. The summed E-state index contributed by atoms with van der Waals surface area (Å²) in [6.07, 6.45) is 14.1. The van der Waals surface area contributed by atoms with E-state index < -0.39 is 0 Å². The van der Waals surface area contributed by atoms with Crippen molar-refractivity contribution in [1.82, 2.24) is 0 Å². The summed E-state index contributed by atoms with van der Waals surface area (Å²) in [6, 6.07) is 0. The average molecular weight is 192 g/mol. The Morgan fingerprint density at radius 1 is 0.786 bits per heavy atom. The maximum atomic E-state index is 2.26. The highest BCUT2D eigenvalue weighted by Crippen LogP contribution is 2.26. The first-order valence-corrected chi connectivity index (χ1v) is 5.86. The molecule has 0 atom stereocenters. The number of hydrogen-bond acceptors (Lipinski definition) is 0. The lowest BCUT2D eigenvalue weighted by Gasteiger charge is -2.15. The van der Waals surface area contributed by atoms with E-state index in [2.05, 4.69) is 38.2 Å². The molecule has 1 aliphatic rings. The third-order valence-corrected chi connectivity index (χ3v) is 2.29. The number of hydrogen-bond donors (Lipinski definition) is 0. The highest BCUT2D eigenvalue weighted by Gasteiger charge is 2.06. The van der Waals surface area contributed by atoms with Crippen molar-refractivity contribution < 1.29 is 0 Å². The van der Waals surface area contributed by atoms with Crippen LogP contribution in [-0.4, -0.2) is 0 Å². The Morgan fingerprint density at radius 2 is 1.14 bits per heavy atom. The summed E-state index contributed by atoms with van der Waals surface area (Å²) in [5.41, 5.74) is 3.09. The largest absolute Gasteiger partial charge is 0.0874 e. The highest BCUT2D eigenvalue weighted by atomic mass is 14.1. The molecule has 0 N–H and O–H groups in total. The van der Waals surface area contributed by atoms with Gasteiger partial charge in [-0.3, -0.25) is 0 Å². The van der Waals surface area contributed by atoms with Gasteiger partial charge in [-0.25, -0.2) is 0 Å². The summed E-state index contributed by atoms with van der Waals surface area (Å²) in [5.74, 6) is 0. The third kappa shape index (κ3) is 4.45. The van der Waals surface area contributed by atoms with Crippen molar-refractivity contribution in [2.24, 2.45) is 0 Å². The van der Waals surface area contributed by atoms with Gasteiger partial charge in [-0.15, -0.1) is 0 Å². The second kappa shape index (κ2) is 8.80. The summed E-state index contributed by atoms with van der Waals surface area (Å²) >= 11 is 0. The molecule has 14 heavy (non-hydrogen) atoms. The first-order chi connectivity index (χ1) is 6.88. The van der Waals surface area contributed by atoms with Crippen LogP contribution in [-0.2, 0) is 0 Å². The molecular formula is C14H24. The molecule has 0 nitrogen and oxygen atoms in total. The molecule has 0 saturated heterocycles. The SMILES string of the molecule is C/C=C\C1=C(/C=C\C)CCCC1.CC. The normalized spacial score (nSPS) is 17.4. The predicted molar refractivity (Wildman–Crippen MR) is 66.5 cm³/mol. The molecule has 0 heteroatoms. The van der Waals surface area contributed by atoms with E-state index in [4.69, 9.17) is 0 Å². The fraction of sp³-hybridized carbons (Fsp3) is 0.571. The van der Waals surface area contributed by atoms with Gasteiger partial charge >= 0.3 is 0 Å². The third-order valence-electron chi connectivity index (χ3n) is 2.29. The van der Waals surface area contributed by atoms with Crippen molar-refractivity contribution in [3.63, 3.8) is 0 Å². The molecule has 0 bridgehead atoms. The first kappa shape index (κ1) is 13.2. The minimum Gasteiger partial charge on any atom is -0.0874 e. The molecular weight excluding hydrogens is 168 g/mol. The molecule has 0 fully saturated rings. The zero-order valence-corrected chi connectivity index (χ0v) is 10.1. The minimum atomic E-state index is 1.27. The summed E-state index contributed by atoms with van der Waals surface area (Å²) in [5, 5.41) is 0. The average Bonchev–Trinajstić information content (AvgIpc) is 2.25. The molecule has 1 aliphatic carbocycles. The monoisotopic (exact) mass is 192 g/mol. The zero-order valence-electron chi connectivity index (χ0n) is 10.1. The van der Waals surface area contributed by atoms with E-state index in [9.17, 15) is 0 Å². The van der Waals surface area contributed by atoms with Crippen molar-refractivity contribution >= 4 is 0 Å². The molecule has 0 radical (unpaired) electrons. The van der Waals surface area contributed by atoms with Gasteiger partial charge in [-0.1, -0.05) is 38.2 Å². The quantitative estimate of drug-likeness (QED) is 0.575. The molecule has 0 unspecified atom stereocenters. The molecule has 1 rings (SSSR count). The fourth-order valence-corrected chi connectivity index (χ4v) is 1.74. The zero-order chi connectivity index (χ0) is 10.8. The van der Waals surface area contributed by atoms with E-state index in [-0.39, 0.29) is 0 Å². The van der Waals surface area contributed by atoms with E-state index in [1.165, 1.54) is 25.7 Å². The van der Waals surface area contributed by atoms with Crippen molar-refractivity contribution in [3.05, 3.63) is 35.5 Å². The van der Waals surface area contributed by atoms with Crippen LogP contribution < -0.4 is 0 Å². The molecule has 0 aromatic rings. The van der Waals surface area contributed by atoms with Crippen LogP contribution >= 0.6 is 0 Å². The molecule has 0 amide bonds. The molecule has 0 heterocycles. The summed E-state index contributed by atoms with van der Waals surface area (Å²) in [7, 11) is 0. The fourth-order valence-electron chi connectivity index (χ4n) is 1.74. The second-order valence-electron chi connectivity index (χ2n) is 3.26. The van der Waals surface area contributed by atoms with E-state index in [0.29, 0.717) is 0 Å². The van der Waals surface area contributed by atoms with E-state index in [1.807, 2.05) is 13.8 Å². The lowest BCUT2D eigenvalue weighted by atomic mass is 9.91. The van der Waals surface area contributed by atoms with Gasteiger partial charge in [0.15, 0.2) is 0 Å². The Kier molecular flexibility index (Phi) is 8.31. The molecule has 0 spiro atoms. The van der Waals surface area contributed by atoms with Gasteiger partial charge in [0, 0.05) is 0 Å². The summed E-state index contributed by atoms with van der Waals surface area (Å²) in [6.45, 7) is 8.18. The second-order valence-corrected chi connectivity index (χ2v) is 3.26. The molecule has 80 valence electrons. The topological polar surface area (TPSA) is 0 Å². The van der Waals surface area contributed by atoms with Gasteiger partial charge in [-0.05, 0) is 50.7 Å². The Balaban J connectivity index is 0.000000791. The smallest absolute Gasteiger partial charge is 0.0276 e. The minimum absolute atomic E-state index is 1.27. The Hall–Kier alpha value is -0.780. The van der Waals surface area contributed by atoms with E-state index >= 15 is 0 Å². The van der Waals surface area contributed by atoms with Gasteiger partial charge in [0.05, 0.1) is 0 Å². The van der Waals surface area contributed by atoms with Crippen LogP contribution in [0.2, 0.25) is 0 Å². The highest BCUT2D eigenvalue weighted by molar-refractivity contribution is 5.34. The summed E-state index contributed by atoms with van der Waals surface area (Å²) < 4.78 is 0. The Morgan fingerprint density at radius 3 is 1.43 bits per heavy atom. The standard InChI is InChI=1S/C12H18.C2H6/c1-3-7-11-9-5-6-10-12(11)8-4-2;1-2/h3-4,7-8H,5-6,9-10H2,1-2H3;1-2H3/b7-3-,8-4-;. The van der Waals surface area contributed by atoms with Crippen LogP contribution in [0.5, 0.6) is 0 Å². The van der Waals surface area contributed by atoms with Crippen molar-refractivity contribution in [2.45, 2.75) is 53.4 Å². The van der Waals surface area contributed by atoms with Gasteiger partial charge in [-0.2, -0.15) is 0 Å². The Labute approximate surface area is 89.4 Å². The van der Waals surface area contributed by atoms with Crippen molar-refractivity contribution in [3.8, 4) is 0 Å². The predicted octanol–water partition coefficient (Wildman–Crippen LogP) is 5.04. The molecule has 0 saturated carbocycles. The van der Waals surface area contributed by atoms with Crippen LogP contribution in [0.25, 0.3) is 0 Å². The van der Waals surface area contributed by atoms with Gasteiger partial charge in [0.2, 0.25) is 0 Å². The molecule has 0 aromatic carbocycles. The van der Waals surface area contributed by atoms with Gasteiger partial charge in [0.25, 0.3) is 0 Å². The maximum absolute atomic E-state index is 2.26. The van der Waals surface area contributed by atoms with Crippen LogP contribution in [0.1, 0.15) is 53.4 Å². The van der Waals surface area contributed by atoms with Gasteiger partial charge < -0.3 is 0 Å². The van der Waals surface area contributed by atoms with Crippen molar-refractivity contribution in [2.75, 3.05) is 0 Å². The maximum Gasteiger partial charge on any atom is -0.0276 e. The van der Waals surface area contributed by atoms with Crippen LogP contribution in [0.15, 0.2) is 35.5 Å². The van der Waals surface area contributed by atoms with Crippen LogP contribution in [0, 0.1) is 0 Å². The van der Waals surface area contributed by atoms with E-state index in [0.717, 1.165) is 0 Å². The van der Waals surface area contributed by atoms with Crippen LogP contribution in [0.4, 0.5) is 0 Å². The number of allylic oxidation sites excluding steroid dienone is 6. The van der Waals surface area contributed by atoms with Gasteiger partial charge in [0.1, 0.15) is 0 Å². The lowest BCUT2D eigenvalue weighted by Crippen LogP contribution is -1.95. The van der Waals surface area contributed by atoms with Crippen molar-refractivity contribution in [1.29, 1.82) is 0 Å². The van der Waals surface area contributed by atoms with E-state index in [1.54, 1.807) is 11.1 Å². The summed E-state index contributed by atoms with van der Waals surface area (Å²) in [4.78, 5) is 0. The first-order valence-electron chi connectivity index (χ1n) is 5.86.